The third-order valence-electron chi connectivity index (χ3n) is 3.25. The zero-order valence-corrected chi connectivity index (χ0v) is 10.6. The minimum Gasteiger partial charge on any atom is -0.384 e. The van der Waals surface area contributed by atoms with Crippen LogP contribution in [-0.2, 0) is 4.74 Å². The highest BCUT2D eigenvalue weighted by molar-refractivity contribution is 5.94. The van der Waals surface area contributed by atoms with E-state index in [1.54, 1.807) is 23.2 Å². The molecular formula is C13H19N3O2. The number of anilines is 1. The number of hydrogen-bond acceptors (Lipinski definition) is 4. The second-order valence-corrected chi connectivity index (χ2v) is 4.71. The number of nitrogens with two attached hydrogens (primary N) is 1. The first-order chi connectivity index (χ1) is 8.66. The molecule has 98 valence electrons. The van der Waals surface area contributed by atoms with Crippen LogP contribution in [0.5, 0.6) is 0 Å². The molecule has 1 aromatic heterocycles. The van der Waals surface area contributed by atoms with Crippen molar-refractivity contribution in [3.8, 4) is 0 Å². The molecule has 2 rings (SSSR count). The Hall–Kier alpha value is -1.62. The SMILES string of the molecule is CN(CC1CCOCC1)C(=O)c1ccnc(N)c1. The van der Waals surface area contributed by atoms with Crippen LogP contribution in [0, 0.1) is 5.92 Å². The summed E-state index contributed by atoms with van der Waals surface area (Å²) in [6.45, 7) is 2.37. The predicted octanol–water partition coefficient (Wildman–Crippen LogP) is 1.16. The van der Waals surface area contributed by atoms with Gasteiger partial charge in [-0.25, -0.2) is 4.98 Å². The molecule has 1 amide bonds. The van der Waals surface area contributed by atoms with Crippen LogP contribution in [0.4, 0.5) is 5.82 Å². The monoisotopic (exact) mass is 249 g/mol. The summed E-state index contributed by atoms with van der Waals surface area (Å²) in [5.74, 6) is 0.905. The third-order valence-corrected chi connectivity index (χ3v) is 3.25. The van der Waals surface area contributed by atoms with Gasteiger partial charge in [0.1, 0.15) is 5.82 Å². The van der Waals surface area contributed by atoms with Gasteiger partial charge in [-0.3, -0.25) is 4.79 Å². The lowest BCUT2D eigenvalue weighted by Crippen LogP contribution is -2.34. The van der Waals surface area contributed by atoms with E-state index in [-0.39, 0.29) is 5.91 Å². The van der Waals surface area contributed by atoms with Gasteiger partial charge in [-0.1, -0.05) is 0 Å². The van der Waals surface area contributed by atoms with Crippen LogP contribution in [0.2, 0.25) is 0 Å². The lowest BCUT2D eigenvalue weighted by molar-refractivity contribution is 0.0497. The second-order valence-electron chi connectivity index (χ2n) is 4.71. The Balaban J connectivity index is 1.95. The van der Waals surface area contributed by atoms with E-state index < -0.39 is 0 Å². The highest BCUT2D eigenvalue weighted by Crippen LogP contribution is 2.16. The lowest BCUT2D eigenvalue weighted by Gasteiger charge is -2.27. The van der Waals surface area contributed by atoms with E-state index in [4.69, 9.17) is 10.5 Å². The first-order valence-electron chi connectivity index (χ1n) is 6.21. The summed E-state index contributed by atoms with van der Waals surface area (Å²) in [5, 5.41) is 0. The zero-order valence-electron chi connectivity index (χ0n) is 10.6. The molecule has 0 unspecified atom stereocenters. The van der Waals surface area contributed by atoms with Gasteiger partial charge in [0.2, 0.25) is 0 Å². The van der Waals surface area contributed by atoms with Crippen molar-refractivity contribution in [1.82, 2.24) is 9.88 Å². The fourth-order valence-corrected chi connectivity index (χ4v) is 2.20. The third kappa shape index (κ3) is 3.20. The number of carbonyl (C=O) groups excluding carboxylic acids is 1. The Bertz CT molecular complexity index is 416. The predicted molar refractivity (Wildman–Crippen MR) is 69.2 cm³/mol. The van der Waals surface area contributed by atoms with Gasteiger partial charge in [0.05, 0.1) is 0 Å². The largest absolute Gasteiger partial charge is 0.384 e. The van der Waals surface area contributed by atoms with Crippen molar-refractivity contribution in [2.45, 2.75) is 12.8 Å². The molecule has 1 aliphatic rings. The molecule has 0 atom stereocenters. The molecule has 5 heteroatoms. The van der Waals surface area contributed by atoms with Crippen LogP contribution in [0.25, 0.3) is 0 Å². The van der Waals surface area contributed by atoms with Crippen molar-refractivity contribution in [3.63, 3.8) is 0 Å². The highest BCUT2D eigenvalue weighted by Gasteiger charge is 2.19. The fraction of sp³-hybridized carbons (Fsp3) is 0.538. The maximum atomic E-state index is 12.2. The Kier molecular flexibility index (Phi) is 4.15. The molecule has 2 N–H and O–H groups in total. The Morgan fingerprint density at radius 2 is 2.28 bits per heavy atom. The molecule has 0 aromatic carbocycles. The summed E-state index contributed by atoms with van der Waals surface area (Å²) in [4.78, 5) is 17.8. The number of nitrogen functional groups attached to an aromatic ring is 1. The van der Waals surface area contributed by atoms with Crippen LogP contribution >= 0.6 is 0 Å². The van der Waals surface area contributed by atoms with Crippen molar-refractivity contribution in [1.29, 1.82) is 0 Å². The van der Waals surface area contributed by atoms with E-state index >= 15 is 0 Å². The molecule has 1 aliphatic heterocycles. The minimum atomic E-state index is -0.00408. The molecule has 0 bridgehead atoms. The van der Waals surface area contributed by atoms with Crippen molar-refractivity contribution in [3.05, 3.63) is 23.9 Å². The molecule has 0 radical (unpaired) electrons. The second kappa shape index (κ2) is 5.82. The molecule has 0 aliphatic carbocycles. The van der Waals surface area contributed by atoms with Gasteiger partial charge in [0.25, 0.3) is 5.91 Å². The molecule has 5 nitrogen and oxygen atoms in total. The summed E-state index contributed by atoms with van der Waals surface area (Å²) >= 11 is 0. The smallest absolute Gasteiger partial charge is 0.253 e. The number of rotatable bonds is 3. The molecule has 2 heterocycles. The zero-order chi connectivity index (χ0) is 13.0. The van der Waals surface area contributed by atoms with Crippen LogP contribution < -0.4 is 5.73 Å². The Morgan fingerprint density at radius 1 is 1.56 bits per heavy atom. The standard InChI is InChI=1S/C13H19N3O2/c1-16(9-10-3-6-18-7-4-10)13(17)11-2-5-15-12(14)8-11/h2,5,8,10H,3-4,6-7,9H2,1H3,(H2,14,15). The topological polar surface area (TPSA) is 68.5 Å². The summed E-state index contributed by atoms with van der Waals surface area (Å²) in [5.41, 5.74) is 6.18. The number of ether oxygens (including phenoxy) is 1. The van der Waals surface area contributed by atoms with Gasteiger partial charge in [-0.15, -0.1) is 0 Å². The van der Waals surface area contributed by atoms with Crippen LogP contribution in [0.15, 0.2) is 18.3 Å². The molecule has 1 saturated heterocycles. The Labute approximate surface area is 107 Å². The van der Waals surface area contributed by atoms with E-state index in [0.29, 0.717) is 17.3 Å². The molecule has 18 heavy (non-hydrogen) atoms. The quantitative estimate of drug-likeness (QED) is 0.873. The molecule has 0 saturated carbocycles. The Morgan fingerprint density at radius 3 is 2.94 bits per heavy atom. The lowest BCUT2D eigenvalue weighted by atomic mass is 9.99. The normalized spacial score (nSPS) is 16.5. The van der Waals surface area contributed by atoms with E-state index in [1.807, 2.05) is 7.05 Å². The van der Waals surface area contributed by atoms with Gasteiger partial charge < -0.3 is 15.4 Å². The number of hydrogen-bond donors (Lipinski definition) is 1. The van der Waals surface area contributed by atoms with Gasteiger partial charge in [0.15, 0.2) is 0 Å². The van der Waals surface area contributed by atoms with Crippen molar-refractivity contribution in [2.75, 3.05) is 32.5 Å². The number of amides is 1. The molecule has 1 aromatic rings. The average molecular weight is 249 g/mol. The van der Waals surface area contributed by atoms with E-state index in [2.05, 4.69) is 4.98 Å². The number of pyridine rings is 1. The highest BCUT2D eigenvalue weighted by atomic mass is 16.5. The molecule has 0 spiro atoms. The summed E-state index contributed by atoms with van der Waals surface area (Å²) in [6.07, 6.45) is 3.61. The number of carbonyl (C=O) groups is 1. The molecule has 1 fully saturated rings. The number of nitrogens with zero attached hydrogens (tertiary/aromatic N) is 2. The maximum absolute atomic E-state index is 12.2. The van der Waals surface area contributed by atoms with Gasteiger partial charge in [0, 0.05) is 38.6 Å². The van der Waals surface area contributed by atoms with Crippen molar-refractivity contribution < 1.29 is 9.53 Å². The first kappa shape index (κ1) is 12.8. The van der Waals surface area contributed by atoms with Crippen molar-refractivity contribution >= 4 is 11.7 Å². The average Bonchev–Trinajstić information content (AvgIpc) is 2.39. The van der Waals surface area contributed by atoms with Crippen LogP contribution in [0.1, 0.15) is 23.2 Å². The van der Waals surface area contributed by atoms with Crippen LogP contribution in [-0.4, -0.2) is 42.6 Å². The number of aromatic nitrogens is 1. The fourth-order valence-electron chi connectivity index (χ4n) is 2.20. The summed E-state index contributed by atoms with van der Waals surface area (Å²) in [7, 11) is 1.83. The summed E-state index contributed by atoms with van der Waals surface area (Å²) in [6, 6.07) is 3.31. The molecular weight excluding hydrogens is 230 g/mol. The van der Waals surface area contributed by atoms with Crippen LogP contribution in [0.3, 0.4) is 0 Å². The van der Waals surface area contributed by atoms with Gasteiger partial charge in [-0.05, 0) is 30.9 Å². The van der Waals surface area contributed by atoms with E-state index in [9.17, 15) is 4.79 Å². The van der Waals surface area contributed by atoms with Gasteiger partial charge in [-0.2, -0.15) is 0 Å². The van der Waals surface area contributed by atoms with Crippen molar-refractivity contribution in [2.24, 2.45) is 5.92 Å². The van der Waals surface area contributed by atoms with Gasteiger partial charge >= 0.3 is 0 Å². The first-order valence-corrected chi connectivity index (χ1v) is 6.21. The minimum absolute atomic E-state index is 0.00408. The van der Waals surface area contributed by atoms with E-state index in [0.717, 1.165) is 32.6 Å². The summed E-state index contributed by atoms with van der Waals surface area (Å²) < 4.78 is 5.31. The van der Waals surface area contributed by atoms with E-state index in [1.165, 1.54) is 0 Å². The maximum Gasteiger partial charge on any atom is 0.253 e.